The minimum absolute atomic E-state index is 0.150. The van der Waals surface area contributed by atoms with E-state index in [0.29, 0.717) is 18.8 Å². The van der Waals surface area contributed by atoms with Crippen LogP contribution in [0.2, 0.25) is 0 Å². The second-order valence-electron chi connectivity index (χ2n) is 4.62. The highest BCUT2D eigenvalue weighted by Crippen LogP contribution is 2.23. The summed E-state index contributed by atoms with van der Waals surface area (Å²) in [4.78, 5) is 0. The van der Waals surface area contributed by atoms with Gasteiger partial charge in [-0.1, -0.05) is 29.5 Å². The van der Waals surface area contributed by atoms with Crippen molar-refractivity contribution in [1.29, 1.82) is 0 Å². The third kappa shape index (κ3) is 2.88. The number of allylic oxidation sites excluding steroid dienone is 1. The molecular weight excluding hydrogens is 254 g/mol. The van der Waals surface area contributed by atoms with Gasteiger partial charge >= 0.3 is 0 Å². The number of nitrogens with zero attached hydrogens (tertiary/aromatic N) is 3. The van der Waals surface area contributed by atoms with Gasteiger partial charge in [-0.15, -0.1) is 11.7 Å². The predicted molar refractivity (Wildman–Crippen MR) is 76.4 cm³/mol. The van der Waals surface area contributed by atoms with Crippen LogP contribution in [-0.4, -0.2) is 20.1 Å². The maximum Gasteiger partial charge on any atom is 0.132 e. The van der Waals surface area contributed by atoms with E-state index in [1.54, 1.807) is 10.8 Å². The summed E-state index contributed by atoms with van der Waals surface area (Å²) in [6, 6.07) is 6.02. The van der Waals surface area contributed by atoms with Gasteiger partial charge in [-0.3, -0.25) is 0 Å². The normalized spacial score (nSPS) is 10.6. The van der Waals surface area contributed by atoms with E-state index in [4.69, 9.17) is 4.74 Å². The van der Waals surface area contributed by atoms with E-state index in [2.05, 4.69) is 16.9 Å². The average Bonchev–Trinajstić information content (AvgIpc) is 2.81. The van der Waals surface area contributed by atoms with Crippen molar-refractivity contribution in [3.05, 3.63) is 53.4 Å². The fourth-order valence-corrected chi connectivity index (χ4v) is 2.09. The molecule has 0 aliphatic rings. The third-order valence-corrected chi connectivity index (χ3v) is 3.13. The lowest BCUT2D eigenvalue weighted by molar-refractivity contribution is 0.261. The van der Waals surface area contributed by atoms with Crippen LogP contribution in [-0.2, 0) is 19.8 Å². The maximum atomic E-state index is 9.31. The average molecular weight is 273 g/mol. The number of rotatable bonds is 6. The lowest BCUT2D eigenvalue weighted by Crippen LogP contribution is -2.09. The second kappa shape index (κ2) is 6.34. The number of aromatic nitrogens is 3. The predicted octanol–water partition coefficient (Wildman–Crippen LogP) is 2.15. The van der Waals surface area contributed by atoms with Crippen LogP contribution in [0, 0.1) is 13.8 Å². The molecule has 2 rings (SSSR count). The lowest BCUT2D eigenvalue weighted by atomic mass is 10.1. The molecule has 0 aliphatic carbocycles. The Kier molecular flexibility index (Phi) is 4.53. The van der Waals surface area contributed by atoms with Crippen molar-refractivity contribution < 1.29 is 9.84 Å². The summed E-state index contributed by atoms with van der Waals surface area (Å²) in [7, 11) is 0. The van der Waals surface area contributed by atoms with Gasteiger partial charge in [-0.2, -0.15) is 0 Å². The van der Waals surface area contributed by atoms with Crippen LogP contribution in [0.3, 0.4) is 0 Å². The molecule has 5 nitrogen and oxygen atoms in total. The SMILES string of the molecule is C=CCn1nnc(CO)c1COc1c(C)cccc1C. The molecule has 0 aliphatic heterocycles. The monoisotopic (exact) mass is 273 g/mol. The molecule has 0 unspecified atom stereocenters. The van der Waals surface area contributed by atoms with Crippen molar-refractivity contribution in [3.8, 4) is 5.75 Å². The van der Waals surface area contributed by atoms with Gasteiger partial charge in [0.05, 0.1) is 13.2 Å². The van der Waals surface area contributed by atoms with E-state index in [-0.39, 0.29) is 6.61 Å². The quantitative estimate of drug-likeness (QED) is 0.819. The van der Waals surface area contributed by atoms with Crippen LogP contribution >= 0.6 is 0 Å². The molecular formula is C15H19N3O2. The van der Waals surface area contributed by atoms with Gasteiger partial charge in [0, 0.05) is 0 Å². The summed E-state index contributed by atoms with van der Waals surface area (Å²) < 4.78 is 7.58. The molecule has 1 aromatic heterocycles. The molecule has 2 aromatic rings. The summed E-state index contributed by atoms with van der Waals surface area (Å²) >= 11 is 0. The molecule has 1 N–H and O–H groups in total. The molecule has 5 heteroatoms. The summed E-state index contributed by atoms with van der Waals surface area (Å²) in [5, 5.41) is 17.2. The summed E-state index contributed by atoms with van der Waals surface area (Å²) in [6.07, 6.45) is 1.73. The first kappa shape index (κ1) is 14.3. The van der Waals surface area contributed by atoms with Crippen molar-refractivity contribution in [3.63, 3.8) is 0 Å². The summed E-state index contributed by atoms with van der Waals surface area (Å²) in [6.45, 7) is 8.42. The van der Waals surface area contributed by atoms with Crippen LogP contribution in [0.4, 0.5) is 0 Å². The smallest absolute Gasteiger partial charge is 0.132 e. The van der Waals surface area contributed by atoms with Gasteiger partial charge in [-0.25, -0.2) is 4.68 Å². The van der Waals surface area contributed by atoms with Crippen LogP contribution in [0.1, 0.15) is 22.5 Å². The molecule has 1 aromatic carbocycles. The molecule has 0 fully saturated rings. The van der Waals surface area contributed by atoms with Crippen LogP contribution < -0.4 is 4.74 Å². The van der Waals surface area contributed by atoms with Gasteiger partial charge in [0.15, 0.2) is 0 Å². The van der Waals surface area contributed by atoms with Crippen molar-refractivity contribution in [2.75, 3.05) is 0 Å². The number of hydrogen-bond acceptors (Lipinski definition) is 4. The largest absolute Gasteiger partial charge is 0.487 e. The zero-order valence-corrected chi connectivity index (χ0v) is 11.8. The Morgan fingerprint density at radius 2 is 2.05 bits per heavy atom. The highest BCUT2D eigenvalue weighted by molar-refractivity contribution is 5.39. The number of ether oxygens (including phenoxy) is 1. The number of aliphatic hydroxyl groups is 1. The van der Waals surface area contributed by atoms with Crippen LogP contribution in [0.25, 0.3) is 0 Å². The zero-order chi connectivity index (χ0) is 14.5. The lowest BCUT2D eigenvalue weighted by Gasteiger charge is -2.12. The maximum absolute atomic E-state index is 9.31. The first-order chi connectivity index (χ1) is 9.67. The molecule has 0 spiro atoms. The van der Waals surface area contributed by atoms with Gasteiger partial charge in [0.1, 0.15) is 23.7 Å². The van der Waals surface area contributed by atoms with E-state index in [1.165, 1.54) is 0 Å². The second-order valence-corrected chi connectivity index (χ2v) is 4.62. The van der Waals surface area contributed by atoms with Crippen molar-refractivity contribution in [2.24, 2.45) is 0 Å². The van der Waals surface area contributed by atoms with Gasteiger partial charge in [0.25, 0.3) is 0 Å². The minimum Gasteiger partial charge on any atom is -0.487 e. The Balaban J connectivity index is 2.22. The molecule has 1 heterocycles. The third-order valence-electron chi connectivity index (χ3n) is 3.13. The van der Waals surface area contributed by atoms with Crippen LogP contribution in [0.15, 0.2) is 30.9 Å². The Bertz CT molecular complexity index is 585. The van der Waals surface area contributed by atoms with E-state index in [9.17, 15) is 5.11 Å². The van der Waals surface area contributed by atoms with E-state index >= 15 is 0 Å². The van der Waals surface area contributed by atoms with Crippen molar-refractivity contribution in [2.45, 2.75) is 33.6 Å². The molecule has 0 saturated carbocycles. The summed E-state index contributed by atoms with van der Waals surface area (Å²) in [5.74, 6) is 0.864. The van der Waals surface area contributed by atoms with Gasteiger partial charge in [-0.05, 0) is 25.0 Å². The van der Waals surface area contributed by atoms with Crippen LogP contribution in [0.5, 0.6) is 5.75 Å². The first-order valence-corrected chi connectivity index (χ1v) is 6.49. The Morgan fingerprint density at radius 3 is 2.65 bits per heavy atom. The Labute approximate surface area is 118 Å². The van der Waals surface area contributed by atoms with Gasteiger partial charge < -0.3 is 9.84 Å². The highest BCUT2D eigenvalue weighted by atomic mass is 16.5. The standard InChI is InChI=1S/C15H19N3O2/c1-4-8-18-14(13(9-19)16-17-18)10-20-15-11(2)6-5-7-12(15)3/h4-7,19H,1,8-10H2,2-3H3. The van der Waals surface area contributed by atoms with Gasteiger partial charge in [0.2, 0.25) is 0 Å². The zero-order valence-electron chi connectivity index (χ0n) is 11.8. The molecule has 0 atom stereocenters. The van der Waals surface area contributed by atoms with Crippen molar-refractivity contribution in [1.82, 2.24) is 15.0 Å². The summed E-state index contributed by atoms with van der Waals surface area (Å²) in [5.41, 5.74) is 3.48. The number of para-hydroxylation sites is 1. The molecule has 0 bridgehead atoms. The number of aryl methyl sites for hydroxylation is 2. The fraction of sp³-hybridized carbons (Fsp3) is 0.333. The minimum atomic E-state index is -0.150. The topological polar surface area (TPSA) is 60.2 Å². The Morgan fingerprint density at radius 1 is 1.35 bits per heavy atom. The molecule has 106 valence electrons. The number of aliphatic hydroxyl groups excluding tert-OH is 1. The first-order valence-electron chi connectivity index (χ1n) is 6.49. The molecule has 0 saturated heterocycles. The van der Waals surface area contributed by atoms with E-state index in [0.717, 1.165) is 22.6 Å². The number of benzene rings is 1. The number of hydrogen-bond donors (Lipinski definition) is 1. The molecule has 0 amide bonds. The molecule has 20 heavy (non-hydrogen) atoms. The highest BCUT2D eigenvalue weighted by Gasteiger charge is 2.13. The molecule has 0 radical (unpaired) electrons. The fourth-order valence-electron chi connectivity index (χ4n) is 2.09. The van der Waals surface area contributed by atoms with Crippen molar-refractivity contribution >= 4 is 0 Å². The van der Waals surface area contributed by atoms with E-state index in [1.807, 2.05) is 32.0 Å². The Hall–Kier alpha value is -2.14. The van der Waals surface area contributed by atoms with E-state index < -0.39 is 0 Å².